The Morgan fingerprint density at radius 1 is 0.806 bits per heavy atom. The molecule has 6 aliphatic rings. The Labute approximate surface area is 188 Å². The largest absolute Gasteiger partial charge is 0.393 e. The quantitative estimate of drug-likeness (QED) is 0.579. The highest BCUT2D eigenvalue weighted by Crippen LogP contribution is 2.71. The van der Waals surface area contributed by atoms with E-state index in [1.165, 1.54) is 19.3 Å². The molecule has 31 heavy (non-hydrogen) atoms. The zero-order valence-corrected chi connectivity index (χ0v) is 20.1. The Morgan fingerprint density at radius 3 is 2.32 bits per heavy atom. The number of hydrogen-bond donors (Lipinski definition) is 2. The van der Waals surface area contributed by atoms with Gasteiger partial charge in [-0.15, -0.1) is 0 Å². The maximum Gasteiger partial charge on any atom is 0.171 e. The lowest BCUT2D eigenvalue weighted by atomic mass is 9.43. The van der Waals surface area contributed by atoms with Crippen molar-refractivity contribution in [1.29, 1.82) is 0 Å². The van der Waals surface area contributed by atoms with Crippen LogP contribution in [0.5, 0.6) is 0 Å². The molecule has 0 bridgehead atoms. The normalized spacial score (nSPS) is 63.3. The Morgan fingerprint density at radius 2 is 1.58 bits per heavy atom. The van der Waals surface area contributed by atoms with E-state index in [-0.39, 0.29) is 29.3 Å². The molecule has 0 radical (unpaired) electrons. The van der Waals surface area contributed by atoms with Crippen molar-refractivity contribution in [3.05, 3.63) is 0 Å². The molecule has 2 aliphatic heterocycles. The molecule has 4 aliphatic carbocycles. The van der Waals surface area contributed by atoms with Crippen LogP contribution in [-0.2, 0) is 9.47 Å². The lowest BCUT2D eigenvalue weighted by Crippen LogP contribution is -2.58. The van der Waals surface area contributed by atoms with Crippen molar-refractivity contribution >= 4 is 0 Å². The van der Waals surface area contributed by atoms with Crippen LogP contribution < -0.4 is 0 Å². The molecule has 4 nitrogen and oxygen atoms in total. The van der Waals surface area contributed by atoms with Crippen LogP contribution in [0.15, 0.2) is 0 Å². The average Bonchev–Trinajstić information content (AvgIpc) is 3.17. The number of aliphatic hydroxyl groups is 2. The monoisotopic (exact) mass is 432 g/mol. The molecule has 0 aromatic carbocycles. The minimum atomic E-state index is -0.338. The molecule has 0 unspecified atom stereocenters. The van der Waals surface area contributed by atoms with Crippen LogP contribution >= 0.6 is 0 Å². The first-order valence-electron chi connectivity index (χ1n) is 13.4. The number of aliphatic hydroxyl groups excluding tert-OH is 2. The van der Waals surface area contributed by atoms with E-state index in [9.17, 15) is 10.2 Å². The van der Waals surface area contributed by atoms with Crippen LogP contribution in [-0.4, -0.2) is 40.9 Å². The van der Waals surface area contributed by atoms with Gasteiger partial charge in [0.05, 0.1) is 24.9 Å². The van der Waals surface area contributed by atoms with E-state index in [1.807, 2.05) is 0 Å². The Balaban J connectivity index is 1.28. The van der Waals surface area contributed by atoms with Gasteiger partial charge in [-0.05, 0) is 97.7 Å². The van der Waals surface area contributed by atoms with Gasteiger partial charge in [-0.1, -0.05) is 27.7 Å². The lowest BCUT2D eigenvalue weighted by molar-refractivity contribution is -0.273. The molecular weight excluding hydrogens is 388 g/mol. The third-order valence-corrected chi connectivity index (χ3v) is 11.9. The topological polar surface area (TPSA) is 58.9 Å². The van der Waals surface area contributed by atoms with Gasteiger partial charge >= 0.3 is 0 Å². The molecular formula is C27H44O4. The Kier molecular flexibility index (Phi) is 4.78. The molecule has 6 fully saturated rings. The first-order chi connectivity index (χ1) is 14.7. The molecule has 0 aromatic rings. The second kappa shape index (κ2) is 6.93. The second-order valence-corrected chi connectivity index (χ2v) is 13.2. The summed E-state index contributed by atoms with van der Waals surface area (Å²) in [4.78, 5) is 0. The molecule has 6 rings (SSSR count). The van der Waals surface area contributed by atoms with E-state index < -0.39 is 0 Å². The van der Waals surface area contributed by atoms with Crippen LogP contribution in [0.3, 0.4) is 0 Å². The van der Waals surface area contributed by atoms with E-state index in [4.69, 9.17) is 9.47 Å². The molecule has 2 heterocycles. The van der Waals surface area contributed by atoms with Crippen molar-refractivity contribution in [2.75, 3.05) is 6.61 Å². The fourth-order valence-corrected chi connectivity index (χ4v) is 10.3. The van der Waals surface area contributed by atoms with Gasteiger partial charge in [-0.2, -0.15) is 0 Å². The third kappa shape index (κ3) is 2.80. The number of fused-ring (bicyclic) bond motifs is 7. The summed E-state index contributed by atoms with van der Waals surface area (Å²) in [5.41, 5.74) is 0.495. The third-order valence-electron chi connectivity index (χ3n) is 11.9. The summed E-state index contributed by atoms with van der Waals surface area (Å²) in [5, 5.41) is 21.5. The Hall–Kier alpha value is -0.160. The fourth-order valence-electron chi connectivity index (χ4n) is 10.3. The van der Waals surface area contributed by atoms with Gasteiger partial charge in [-0.25, -0.2) is 0 Å². The fraction of sp³-hybridized carbons (Fsp3) is 1.00. The maximum absolute atomic E-state index is 11.2. The number of hydrogen-bond acceptors (Lipinski definition) is 4. The van der Waals surface area contributed by atoms with E-state index in [0.717, 1.165) is 45.1 Å². The van der Waals surface area contributed by atoms with Crippen molar-refractivity contribution in [2.45, 2.75) is 110 Å². The summed E-state index contributed by atoms with van der Waals surface area (Å²) in [6.07, 6.45) is 9.58. The van der Waals surface area contributed by atoms with Crippen molar-refractivity contribution in [1.82, 2.24) is 0 Å². The lowest BCUT2D eigenvalue weighted by Gasteiger charge is -2.62. The molecule has 0 amide bonds. The van der Waals surface area contributed by atoms with Gasteiger partial charge in [0.25, 0.3) is 0 Å². The number of ether oxygens (including phenoxy) is 2. The summed E-state index contributed by atoms with van der Waals surface area (Å²) in [7, 11) is 0. The van der Waals surface area contributed by atoms with Crippen LogP contribution in [0.2, 0.25) is 0 Å². The van der Waals surface area contributed by atoms with Crippen LogP contribution in [0.1, 0.15) is 85.5 Å². The minimum Gasteiger partial charge on any atom is -0.393 e. The maximum atomic E-state index is 11.2. The predicted molar refractivity (Wildman–Crippen MR) is 119 cm³/mol. The molecule has 2 N–H and O–H groups in total. The van der Waals surface area contributed by atoms with Gasteiger partial charge in [0.15, 0.2) is 5.79 Å². The molecule has 13 atom stereocenters. The van der Waals surface area contributed by atoms with E-state index in [2.05, 4.69) is 27.7 Å². The molecule has 1 spiro atoms. The summed E-state index contributed by atoms with van der Waals surface area (Å²) in [6.45, 7) is 10.6. The second-order valence-electron chi connectivity index (χ2n) is 13.2. The van der Waals surface area contributed by atoms with Crippen LogP contribution in [0.25, 0.3) is 0 Å². The van der Waals surface area contributed by atoms with Crippen LogP contribution in [0, 0.1) is 52.3 Å². The predicted octanol–water partition coefficient (Wildman–Crippen LogP) is 4.76. The van der Waals surface area contributed by atoms with Crippen molar-refractivity contribution in [3.8, 4) is 0 Å². The molecule has 0 aromatic heterocycles. The highest BCUT2D eigenvalue weighted by Gasteiger charge is 2.69. The van der Waals surface area contributed by atoms with E-state index in [1.54, 1.807) is 0 Å². The van der Waals surface area contributed by atoms with Gasteiger partial charge in [0, 0.05) is 12.3 Å². The smallest absolute Gasteiger partial charge is 0.171 e. The van der Waals surface area contributed by atoms with Gasteiger partial charge in [0.2, 0.25) is 0 Å². The van der Waals surface area contributed by atoms with Crippen molar-refractivity contribution in [3.63, 3.8) is 0 Å². The Bertz CT molecular complexity index is 716. The first kappa shape index (κ1) is 21.4. The zero-order valence-electron chi connectivity index (χ0n) is 20.1. The first-order valence-corrected chi connectivity index (χ1v) is 13.4. The standard InChI is InChI=1S/C27H44O4/c1-15-5-10-27(30-14-15)16(2)24-23(31-27)13-20-18-12-22(29)21-11-17(28)6-8-25(21,3)19(18)7-9-26(20,24)4/h15-24,28-29H,5-14H2,1-4H3/t15-,16-,17-,18-,19+,20-,21+,22+,23-,24-,25+,26-,27+/m0/s1. The number of rotatable bonds is 0. The van der Waals surface area contributed by atoms with Crippen molar-refractivity contribution < 1.29 is 19.7 Å². The molecule has 176 valence electrons. The molecule has 2 saturated heterocycles. The minimum absolute atomic E-state index is 0.191. The summed E-state index contributed by atoms with van der Waals surface area (Å²) < 4.78 is 13.3. The highest BCUT2D eigenvalue weighted by molar-refractivity contribution is 5.16. The van der Waals surface area contributed by atoms with E-state index >= 15 is 0 Å². The summed E-state index contributed by atoms with van der Waals surface area (Å²) in [5.74, 6) is 3.58. The molecule has 4 heteroatoms. The highest BCUT2D eigenvalue weighted by atomic mass is 16.7. The average molecular weight is 433 g/mol. The van der Waals surface area contributed by atoms with Crippen molar-refractivity contribution in [2.24, 2.45) is 52.3 Å². The molecule has 4 saturated carbocycles. The van der Waals surface area contributed by atoms with Crippen LogP contribution in [0.4, 0.5) is 0 Å². The van der Waals surface area contributed by atoms with Gasteiger partial charge < -0.3 is 19.7 Å². The van der Waals surface area contributed by atoms with E-state index in [0.29, 0.717) is 47.0 Å². The summed E-state index contributed by atoms with van der Waals surface area (Å²) >= 11 is 0. The zero-order chi connectivity index (χ0) is 21.8. The SMILES string of the molecule is C[C@H]1CC[C@@]2(OC1)O[C@H]1C[C@H]3[C@H]4C[C@@H](O)[C@H]5C[C@@H](O)CC[C@]5(C)[C@@H]4CC[C@]3(C)[C@H]1[C@@H]2C. The van der Waals surface area contributed by atoms with Gasteiger partial charge in [0.1, 0.15) is 0 Å². The summed E-state index contributed by atoms with van der Waals surface area (Å²) in [6, 6.07) is 0. The van der Waals surface area contributed by atoms with Gasteiger partial charge in [-0.3, -0.25) is 0 Å².